The van der Waals surface area contributed by atoms with Gasteiger partial charge in [0, 0.05) is 35.1 Å². The first-order valence-electron chi connectivity index (χ1n) is 15.2. The number of aliphatic hydroxyl groups is 1. The minimum absolute atomic E-state index is 0.194. The molecular weight excluding hydrogens is 549 g/mol. The number of carbonyl (C=O) groups is 1. The van der Waals surface area contributed by atoms with Gasteiger partial charge in [-0.3, -0.25) is 4.79 Å². The molecule has 0 saturated carbocycles. The third-order valence-corrected chi connectivity index (χ3v) is 10.1. The lowest BCUT2D eigenvalue weighted by Gasteiger charge is -2.39. The number of Topliss-reactive ketones (excluding diaryl/α,β-unsaturated/α-hetero) is 1. The molecule has 0 fully saturated rings. The van der Waals surface area contributed by atoms with Crippen molar-refractivity contribution >= 4 is 40.7 Å². The fourth-order valence-corrected chi connectivity index (χ4v) is 8.05. The maximum atomic E-state index is 13.5. The standard InChI is InChI=1S/C34H42N2O3S2/c1-4-7-9-15-21-35-26-17-11-13-19-28(26)40-30(35)23-25-32(37)33(38)34(25,39-6-3)24-31-36(22-16-10-8-5-2)27-18-12-14-20-29(27)41-31/h11-14,17-20,23-24,37H,4-10,15-16,21-22H2,1-3H3/b30-23-,31-24-. The fraction of sp³-hybridized carbons (Fsp3) is 0.441. The number of fused-ring (bicyclic) bond motifs is 2. The number of ketones is 1. The van der Waals surface area contributed by atoms with Gasteiger partial charge in [-0.1, -0.05) is 100 Å². The van der Waals surface area contributed by atoms with E-state index in [1.54, 1.807) is 23.5 Å². The largest absolute Gasteiger partial charge is 0.504 e. The van der Waals surface area contributed by atoms with Crippen LogP contribution < -0.4 is 9.80 Å². The monoisotopic (exact) mass is 590 g/mol. The molecule has 5 nitrogen and oxygen atoms in total. The van der Waals surface area contributed by atoms with E-state index >= 15 is 0 Å². The van der Waals surface area contributed by atoms with Crippen LogP contribution in [0, 0.1) is 0 Å². The molecule has 0 aromatic heterocycles. The van der Waals surface area contributed by atoms with E-state index in [1.165, 1.54) is 59.7 Å². The minimum Gasteiger partial charge on any atom is -0.504 e. The third kappa shape index (κ3) is 5.99. The third-order valence-electron chi connectivity index (χ3n) is 7.92. The topological polar surface area (TPSA) is 53.0 Å². The summed E-state index contributed by atoms with van der Waals surface area (Å²) in [5, 5.41) is 13.0. The number of benzene rings is 2. The number of carbonyl (C=O) groups excluding carboxylic acids is 1. The van der Waals surface area contributed by atoms with E-state index in [9.17, 15) is 9.90 Å². The van der Waals surface area contributed by atoms with E-state index < -0.39 is 5.60 Å². The molecule has 0 spiro atoms. The van der Waals surface area contributed by atoms with E-state index in [0.29, 0.717) is 12.2 Å². The second-order valence-corrected chi connectivity index (χ2v) is 12.9. The number of rotatable bonds is 14. The molecular formula is C34H42N2O3S2. The molecule has 41 heavy (non-hydrogen) atoms. The van der Waals surface area contributed by atoms with Crippen LogP contribution in [0.4, 0.5) is 11.4 Å². The summed E-state index contributed by atoms with van der Waals surface area (Å²) >= 11 is 3.37. The number of ether oxygens (including phenoxy) is 1. The number of aliphatic hydroxyl groups excluding tert-OH is 1. The molecule has 0 radical (unpaired) electrons. The van der Waals surface area contributed by atoms with E-state index in [-0.39, 0.29) is 11.5 Å². The Labute approximate surface area is 253 Å². The zero-order chi connectivity index (χ0) is 28.8. The first-order valence-corrected chi connectivity index (χ1v) is 16.8. The molecule has 1 N–H and O–H groups in total. The van der Waals surface area contributed by atoms with E-state index in [4.69, 9.17) is 4.74 Å². The maximum absolute atomic E-state index is 13.5. The summed E-state index contributed by atoms with van der Waals surface area (Å²) in [7, 11) is 0. The van der Waals surface area contributed by atoms with Crippen LogP contribution in [0.25, 0.3) is 0 Å². The van der Waals surface area contributed by atoms with Crippen LogP contribution >= 0.6 is 23.5 Å². The van der Waals surface area contributed by atoms with Crippen molar-refractivity contribution in [1.82, 2.24) is 0 Å². The Hall–Kier alpha value is -2.61. The Bertz CT molecular complexity index is 1350. The highest BCUT2D eigenvalue weighted by molar-refractivity contribution is 8.04. The smallest absolute Gasteiger partial charge is 0.238 e. The highest BCUT2D eigenvalue weighted by Gasteiger charge is 2.55. The molecule has 0 amide bonds. The van der Waals surface area contributed by atoms with Crippen molar-refractivity contribution in [1.29, 1.82) is 0 Å². The van der Waals surface area contributed by atoms with Crippen molar-refractivity contribution in [2.45, 2.75) is 87.5 Å². The molecule has 2 aliphatic heterocycles. The van der Waals surface area contributed by atoms with Gasteiger partial charge in [0.1, 0.15) is 0 Å². The van der Waals surface area contributed by atoms with Gasteiger partial charge in [-0.15, -0.1) is 0 Å². The van der Waals surface area contributed by atoms with Gasteiger partial charge in [-0.25, -0.2) is 0 Å². The Kier molecular flexibility index (Phi) is 9.89. The zero-order valence-corrected chi connectivity index (χ0v) is 26.2. The Morgan fingerprint density at radius 1 is 0.780 bits per heavy atom. The molecule has 0 saturated heterocycles. The van der Waals surface area contributed by atoms with Crippen molar-refractivity contribution in [3.63, 3.8) is 0 Å². The number of para-hydroxylation sites is 2. The zero-order valence-electron chi connectivity index (χ0n) is 24.5. The first kappa shape index (κ1) is 29.9. The van der Waals surface area contributed by atoms with Crippen LogP contribution in [0.15, 0.2) is 91.9 Å². The van der Waals surface area contributed by atoms with Crippen molar-refractivity contribution < 1.29 is 14.6 Å². The highest BCUT2D eigenvalue weighted by atomic mass is 32.2. The Morgan fingerprint density at radius 3 is 1.88 bits per heavy atom. The summed E-state index contributed by atoms with van der Waals surface area (Å²) in [4.78, 5) is 20.5. The van der Waals surface area contributed by atoms with Crippen LogP contribution in [0.2, 0.25) is 0 Å². The lowest BCUT2D eigenvalue weighted by atomic mass is 9.76. The molecule has 2 heterocycles. The minimum atomic E-state index is -1.30. The summed E-state index contributed by atoms with van der Waals surface area (Å²) < 4.78 is 6.29. The van der Waals surface area contributed by atoms with Gasteiger partial charge in [-0.05, 0) is 56.2 Å². The summed E-state index contributed by atoms with van der Waals surface area (Å²) in [6, 6.07) is 16.8. The molecule has 1 unspecified atom stereocenters. The number of hydrogen-bond donors (Lipinski definition) is 1. The van der Waals surface area contributed by atoms with Crippen molar-refractivity contribution in [2.24, 2.45) is 0 Å². The second-order valence-electron chi connectivity index (χ2n) is 10.8. The number of anilines is 2. The number of thioether (sulfide) groups is 2. The van der Waals surface area contributed by atoms with Gasteiger partial charge in [0.15, 0.2) is 11.4 Å². The molecule has 7 heteroatoms. The number of nitrogens with zero attached hydrogens (tertiary/aromatic N) is 2. The van der Waals surface area contributed by atoms with Crippen LogP contribution in [0.1, 0.15) is 72.1 Å². The normalized spacial score (nSPS) is 21.7. The van der Waals surface area contributed by atoms with Gasteiger partial charge >= 0.3 is 0 Å². The van der Waals surface area contributed by atoms with Gasteiger partial charge < -0.3 is 19.6 Å². The van der Waals surface area contributed by atoms with Crippen molar-refractivity contribution in [2.75, 3.05) is 29.5 Å². The Morgan fingerprint density at radius 2 is 1.32 bits per heavy atom. The molecule has 2 aromatic rings. The fourth-order valence-electron chi connectivity index (χ4n) is 5.74. The van der Waals surface area contributed by atoms with E-state index in [1.807, 2.05) is 19.1 Å². The van der Waals surface area contributed by atoms with Crippen LogP contribution in [-0.4, -0.2) is 36.2 Å². The summed E-state index contributed by atoms with van der Waals surface area (Å²) in [6.45, 7) is 8.50. The van der Waals surface area contributed by atoms with E-state index in [0.717, 1.165) is 36.0 Å². The van der Waals surface area contributed by atoms with Gasteiger partial charge in [0.05, 0.1) is 21.4 Å². The van der Waals surface area contributed by atoms with Crippen LogP contribution in [0.3, 0.4) is 0 Å². The van der Waals surface area contributed by atoms with Crippen LogP contribution in [-0.2, 0) is 9.53 Å². The predicted molar refractivity (Wildman–Crippen MR) is 173 cm³/mol. The quantitative estimate of drug-likeness (QED) is 0.220. The molecule has 1 atom stereocenters. The van der Waals surface area contributed by atoms with Gasteiger partial charge in [0.25, 0.3) is 0 Å². The lowest BCUT2D eigenvalue weighted by molar-refractivity contribution is -0.138. The molecule has 1 aliphatic carbocycles. The Balaban J connectivity index is 1.49. The van der Waals surface area contributed by atoms with Gasteiger partial charge in [-0.2, -0.15) is 0 Å². The average molecular weight is 591 g/mol. The summed E-state index contributed by atoms with van der Waals surface area (Å²) in [6.07, 6.45) is 13.3. The maximum Gasteiger partial charge on any atom is 0.238 e. The van der Waals surface area contributed by atoms with Crippen LogP contribution in [0.5, 0.6) is 0 Å². The predicted octanol–water partition coefficient (Wildman–Crippen LogP) is 9.22. The SMILES string of the molecule is CCCCCCN1/C(=C/C2=C(O)C(=O)C2(/C=C2\Sc3ccccc3N2CCCCCC)OCC)Sc2ccccc21. The molecule has 2 aromatic carbocycles. The lowest BCUT2D eigenvalue weighted by Crippen LogP contribution is -2.52. The van der Waals surface area contributed by atoms with Gasteiger partial charge in [0.2, 0.25) is 5.78 Å². The number of unbranched alkanes of at least 4 members (excludes halogenated alkanes) is 6. The second kappa shape index (κ2) is 13.6. The van der Waals surface area contributed by atoms with Crippen molar-refractivity contribution in [3.05, 3.63) is 82.1 Å². The molecule has 0 bridgehead atoms. The molecule has 218 valence electrons. The highest BCUT2D eigenvalue weighted by Crippen LogP contribution is 2.52. The first-order chi connectivity index (χ1) is 20.0. The summed E-state index contributed by atoms with van der Waals surface area (Å²) in [5.74, 6) is -0.559. The van der Waals surface area contributed by atoms with Crippen molar-refractivity contribution in [3.8, 4) is 0 Å². The molecule has 5 rings (SSSR count). The average Bonchev–Trinajstić information content (AvgIpc) is 3.52. The summed E-state index contributed by atoms with van der Waals surface area (Å²) in [5.41, 5.74) is 1.60. The number of hydrogen-bond acceptors (Lipinski definition) is 7. The molecule has 3 aliphatic rings. The van der Waals surface area contributed by atoms with E-state index in [2.05, 4.69) is 72.2 Å².